The molecule has 10 heteroatoms. The molecule has 0 spiro atoms. The summed E-state index contributed by atoms with van der Waals surface area (Å²) in [5.74, 6) is 0.241. The molecular formula is C14H20Cl2IN3O3S. The van der Waals surface area contributed by atoms with Gasteiger partial charge in [-0.15, -0.1) is 24.0 Å². The Kier molecular flexibility index (Phi) is 8.54. The Morgan fingerprint density at radius 2 is 2.21 bits per heavy atom. The first kappa shape index (κ1) is 21.8. The Labute approximate surface area is 169 Å². The van der Waals surface area contributed by atoms with Crippen molar-refractivity contribution >= 4 is 63.0 Å². The molecule has 0 aromatic heterocycles. The van der Waals surface area contributed by atoms with Crippen LogP contribution in [0.15, 0.2) is 23.2 Å². The van der Waals surface area contributed by atoms with Crippen LogP contribution in [-0.4, -0.2) is 45.1 Å². The van der Waals surface area contributed by atoms with E-state index in [1.54, 1.807) is 12.1 Å². The standard InChI is InChI=1S/C14H19Cl2N3O3S.HI/c1-9(12-3-2-10(15)6-13(12)16)19-14(17)18-7-11-8-23(20,21)5-4-22-11;/h2-3,6,9,11H,4-5,7-8H2,1H3,(H3,17,18,19);1H. The topological polar surface area (TPSA) is 93.8 Å². The summed E-state index contributed by atoms with van der Waals surface area (Å²) in [5.41, 5.74) is 6.68. The summed E-state index contributed by atoms with van der Waals surface area (Å²) in [6.07, 6.45) is -0.455. The lowest BCUT2D eigenvalue weighted by atomic mass is 10.1. The molecule has 1 aliphatic rings. The number of ether oxygens (including phenoxy) is 1. The molecule has 1 aromatic carbocycles. The summed E-state index contributed by atoms with van der Waals surface area (Å²) in [5, 5.41) is 4.10. The molecule has 24 heavy (non-hydrogen) atoms. The number of sulfone groups is 1. The quantitative estimate of drug-likeness (QED) is 0.370. The largest absolute Gasteiger partial charge is 0.374 e. The predicted molar refractivity (Wildman–Crippen MR) is 108 cm³/mol. The Balaban J connectivity index is 0.00000288. The number of benzene rings is 1. The lowest BCUT2D eigenvalue weighted by Crippen LogP contribution is -2.38. The third kappa shape index (κ3) is 6.55. The van der Waals surface area contributed by atoms with Crippen molar-refractivity contribution in [2.24, 2.45) is 10.7 Å². The lowest BCUT2D eigenvalue weighted by Gasteiger charge is -2.22. The molecule has 1 aromatic rings. The normalized spacial score (nSPS) is 21.6. The number of nitrogens with one attached hydrogen (secondary N) is 1. The SMILES string of the molecule is CC(NC(N)=NCC1CS(=O)(=O)CCO1)c1ccc(Cl)cc1Cl.I. The highest BCUT2D eigenvalue weighted by Crippen LogP contribution is 2.25. The molecule has 136 valence electrons. The zero-order valence-electron chi connectivity index (χ0n) is 13.0. The molecule has 1 heterocycles. The maximum atomic E-state index is 11.5. The molecule has 1 aliphatic heterocycles. The summed E-state index contributed by atoms with van der Waals surface area (Å²) >= 11 is 12.0. The van der Waals surface area contributed by atoms with Crippen molar-refractivity contribution in [1.29, 1.82) is 0 Å². The summed E-state index contributed by atoms with van der Waals surface area (Å²) in [7, 11) is -3.04. The number of nitrogens with two attached hydrogens (primary N) is 1. The summed E-state index contributed by atoms with van der Waals surface area (Å²) < 4.78 is 28.4. The highest BCUT2D eigenvalue weighted by atomic mass is 127. The molecular weight excluding hydrogens is 488 g/mol. The minimum absolute atomic E-state index is 0. The average molecular weight is 508 g/mol. The average Bonchev–Trinajstić information content (AvgIpc) is 2.44. The second-order valence-electron chi connectivity index (χ2n) is 5.36. The van der Waals surface area contributed by atoms with Crippen LogP contribution < -0.4 is 11.1 Å². The number of guanidine groups is 1. The first-order valence-corrected chi connectivity index (χ1v) is 9.68. The van der Waals surface area contributed by atoms with Gasteiger partial charge >= 0.3 is 0 Å². The predicted octanol–water partition coefficient (Wildman–Crippen LogP) is 2.39. The summed E-state index contributed by atoms with van der Waals surface area (Å²) in [6, 6.07) is 5.05. The van der Waals surface area contributed by atoms with Crippen molar-refractivity contribution in [3.63, 3.8) is 0 Å². The minimum Gasteiger partial charge on any atom is -0.374 e. The van der Waals surface area contributed by atoms with Gasteiger partial charge in [-0.05, 0) is 24.6 Å². The fourth-order valence-corrected chi connectivity index (χ4v) is 4.12. The van der Waals surface area contributed by atoms with Crippen LogP contribution in [-0.2, 0) is 14.6 Å². The molecule has 3 N–H and O–H groups in total. The van der Waals surface area contributed by atoms with Gasteiger partial charge in [-0.2, -0.15) is 0 Å². The Morgan fingerprint density at radius 3 is 2.83 bits per heavy atom. The molecule has 0 amide bonds. The van der Waals surface area contributed by atoms with Crippen molar-refractivity contribution in [3.05, 3.63) is 33.8 Å². The van der Waals surface area contributed by atoms with Gasteiger partial charge in [0.2, 0.25) is 0 Å². The summed E-state index contributed by atoms with van der Waals surface area (Å²) in [6.45, 7) is 2.28. The van der Waals surface area contributed by atoms with Crippen molar-refractivity contribution in [2.45, 2.75) is 19.1 Å². The monoisotopic (exact) mass is 507 g/mol. The van der Waals surface area contributed by atoms with E-state index < -0.39 is 15.9 Å². The van der Waals surface area contributed by atoms with Crippen LogP contribution in [0.5, 0.6) is 0 Å². The van der Waals surface area contributed by atoms with Crippen LogP contribution in [0.25, 0.3) is 0 Å². The fraction of sp³-hybridized carbons (Fsp3) is 0.500. The molecule has 1 fully saturated rings. The first-order valence-electron chi connectivity index (χ1n) is 7.10. The molecule has 2 unspecified atom stereocenters. The maximum Gasteiger partial charge on any atom is 0.189 e. The van der Waals surface area contributed by atoms with E-state index in [0.29, 0.717) is 10.0 Å². The van der Waals surface area contributed by atoms with Crippen molar-refractivity contribution < 1.29 is 13.2 Å². The van der Waals surface area contributed by atoms with E-state index in [4.69, 9.17) is 33.7 Å². The third-order valence-electron chi connectivity index (χ3n) is 3.45. The minimum atomic E-state index is -3.04. The molecule has 0 saturated carbocycles. The van der Waals surface area contributed by atoms with Crippen LogP contribution in [0.2, 0.25) is 10.0 Å². The van der Waals surface area contributed by atoms with Gasteiger partial charge < -0.3 is 15.8 Å². The molecule has 0 aliphatic carbocycles. The van der Waals surface area contributed by atoms with Crippen molar-refractivity contribution in [3.8, 4) is 0 Å². The van der Waals surface area contributed by atoms with Gasteiger partial charge in [-0.25, -0.2) is 8.42 Å². The number of rotatable bonds is 4. The highest BCUT2D eigenvalue weighted by Gasteiger charge is 2.25. The van der Waals surface area contributed by atoms with Gasteiger partial charge in [0.15, 0.2) is 15.8 Å². The van der Waals surface area contributed by atoms with E-state index in [2.05, 4.69) is 10.3 Å². The molecule has 2 atom stereocenters. The zero-order valence-corrected chi connectivity index (χ0v) is 17.7. The first-order chi connectivity index (χ1) is 10.8. The second kappa shape index (κ2) is 9.42. The molecule has 2 rings (SSSR count). The van der Waals surface area contributed by atoms with E-state index in [1.165, 1.54) is 0 Å². The molecule has 6 nitrogen and oxygen atoms in total. The van der Waals surface area contributed by atoms with Gasteiger partial charge in [-0.1, -0.05) is 29.3 Å². The van der Waals surface area contributed by atoms with Gasteiger partial charge in [0.25, 0.3) is 0 Å². The number of hydrogen-bond acceptors (Lipinski definition) is 4. The third-order valence-corrected chi connectivity index (χ3v) is 5.68. The van der Waals surface area contributed by atoms with E-state index in [-0.39, 0.29) is 60.6 Å². The van der Waals surface area contributed by atoms with Gasteiger partial charge in [0, 0.05) is 10.0 Å². The van der Waals surface area contributed by atoms with E-state index in [0.717, 1.165) is 5.56 Å². The van der Waals surface area contributed by atoms with Crippen LogP contribution >= 0.6 is 47.2 Å². The Morgan fingerprint density at radius 1 is 1.50 bits per heavy atom. The molecule has 1 saturated heterocycles. The smallest absolute Gasteiger partial charge is 0.189 e. The van der Waals surface area contributed by atoms with E-state index in [1.807, 2.05) is 13.0 Å². The van der Waals surface area contributed by atoms with E-state index >= 15 is 0 Å². The number of halogens is 3. The molecule has 0 bridgehead atoms. The Bertz CT molecular complexity index is 701. The van der Waals surface area contributed by atoms with E-state index in [9.17, 15) is 8.42 Å². The van der Waals surface area contributed by atoms with Crippen LogP contribution in [0, 0.1) is 0 Å². The van der Waals surface area contributed by atoms with Gasteiger partial charge in [0.1, 0.15) is 0 Å². The second-order valence-corrected chi connectivity index (χ2v) is 8.44. The van der Waals surface area contributed by atoms with Crippen molar-refractivity contribution in [2.75, 3.05) is 24.7 Å². The van der Waals surface area contributed by atoms with Crippen LogP contribution in [0.3, 0.4) is 0 Å². The van der Waals surface area contributed by atoms with Gasteiger partial charge in [0.05, 0.1) is 36.8 Å². The Hall–Kier alpha value is -0.290. The molecule has 0 radical (unpaired) electrons. The maximum absolute atomic E-state index is 11.5. The van der Waals surface area contributed by atoms with Crippen molar-refractivity contribution in [1.82, 2.24) is 5.32 Å². The number of nitrogens with zero attached hydrogens (tertiary/aromatic N) is 1. The fourth-order valence-electron chi connectivity index (χ4n) is 2.26. The zero-order chi connectivity index (χ0) is 17.0. The summed E-state index contributed by atoms with van der Waals surface area (Å²) in [4.78, 5) is 4.15. The van der Waals surface area contributed by atoms with Gasteiger partial charge in [-0.3, -0.25) is 4.99 Å². The number of hydrogen-bond donors (Lipinski definition) is 2. The number of aliphatic imine (C=N–C) groups is 1. The van der Waals surface area contributed by atoms with Crippen LogP contribution in [0.1, 0.15) is 18.5 Å². The van der Waals surface area contributed by atoms with Crippen LogP contribution in [0.4, 0.5) is 0 Å². The highest BCUT2D eigenvalue weighted by molar-refractivity contribution is 14.0. The lowest BCUT2D eigenvalue weighted by molar-refractivity contribution is 0.0782.